The fourth-order valence-corrected chi connectivity index (χ4v) is 2.99. The third-order valence-electron chi connectivity index (χ3n) is 4.48. The fraction of sp³-hybridized carbons (Fsp3) is 0.412. The van der Waals surface area contributed by atoms with Crippen molar-refractivity contribution in [2.24, 2.45) is 5.92 Å². The number of aliphatic carboxylic acids is 1. The fourth-order valence-electron chi connectivity index (χ4n) is 2.99. The number of carboxylic acids is 1. The molecule has 1 aliphatic heterocycles. The van der Waals surface area contributed by atoms with Crippen molar-refractivity contribution in [1.82, 2.24) is 4.90 Å². The maximum atomic E-state index is 12.4. The van der Waals surface area contributed by atoms with Crippen molar-refractivity contribution in [3.8, 4) is 0 Å². The van der Waals surface area contributed by atoms with E-state index in [1.54, 1.807) is 11.0 Å². The molecular formula is C17H20N2O4. The van der Waals surface area contributed by atoms with Crippen LogP contribution < -0.4 is 5.32 Å². The van der Waals surface area contributed by atoms with Crippen molar-refractivity contribution < 1.29 is 19.1 Å². The number of likely N-dealkylation sites (tertiary alicyclic amines) is 1. The molecule has 1 unspecified atom stereocenters. The zero-order valence-corrected chi connectivity index (χ0v) is 13.3. The summed E-state index contributed by atoms with van der Waals surface area (Å²) in [6.45, 7) is 4.73. The van der Waals surface area contributed by atoms with E-state index in [4.69, 9.17) is 9.52 Å². The number of urea groups is 1. The third kappa shape index (κ3) is 3.02. The number of aryl methyl sites for hydroxylation is 2. The number of nitrogens with zero attached hydrogens (tertiary/aromatic N) is 1. The summed E-state index contributed by atoms with van der Waals surface area (Å²) in [6.07, 6.45) is 1.34. The van der Waals surface area contributed by atoms with Gasteiger partial charge in [0.2, 0.25) is 0 Å². The number of carbonyl (C=O) groups excluding carboxylic acids is 1. The predicted octanol–water partition coefficient (Wildman–Crippen LogP) is 3.38. The molecule has 0 saturated carbocycles. The number of furan rings is 1. The molecular weight excluding hydrogens is 296 g/mol. The van der Waals surface area contributed by atoms with Crippen molar-refractivity contribution in [2.75, 3.05) is 18.4 Å². The number of hydrogen-bond acceptors (Lipinski definition) is 3. The van der Waals surface area contributed by atoms with Crippen LogP contribution in [0.2, 0.25) is 0 Å². The Hall–Kier alpha value is -2.50. The number of piperidine rings is 1. The Morgan fingerprint density at radius 2 is 2.13 bits per heavy atom. The maximum absolute atomic E-state index is 12.4. The van der Waals surface area contributed by atoms with E-state index in [1.165, 1.54) is 0 Å². The van der Waals surface area contributed by atoms with E-state index >= 15 is 0 Å². The largest absolute Gasteiger partial charge is 0.481 e. The molecule has 2 N–H and O–H groups in total. The molecule has 1 fully saturated rings. The van der Waals surface area contributed by atoms with E-state index in [0.29, 0.717) is 25.1 Å². The second-order valence-corrected chi connectivity index (χ2v) is 6.05. The highest BCUT2D eigenvalue weighted by atomic mass is 16.4. The van der Waals surface area contributed by atoms with Crippen molar-refractivity contribution in [2.45, 2.75) is 26.7 Å². The lowest BCUT2D eigenvalue weighted by atomic mass is 9.99. The highest BCUT2D eigenvalue weighted by Crippen LogP contribution is 2.27. The van der Waals surface area contributed by atoms with Crippen molar-refractivity contribution in [3.63, 3.8) is 0 Å². The zero-order chi connectivity index (χ0) is 16.6. The molecule has 0 aliphatic carbocycles. The van der Waals surface area contributed by atoms with Gasteiger partial charge in [0.25, 0.3) is 0 Å². The summed E-state index contributed by atoms with van der Waals surface area (Å²) in [7, 11) is 0. The number of carbonyl (C=O) groups is 2. The number of nitrogens with one attached hydrogen (secondary N) is 1. The number of amides is 2. The first kappa shape index (κ1) is 15.4. The lowest BCUT2D eigenvalue weighted by Gasteiger charge is -2.30. The number of hydrogen-bond donors (Lipinski definition) is 2. The number of rotatable bonds is 2. The van der Waals surface area contributed by atoms with Crippen molar-refractivity contribution in [1.29, 1.82) is 0 Å². The number of carboxylic acid groups (broad SMARTS) is 1. The van der Waals surface area contributed by atoms with E-state index in [9.17, 15) is 9.59 Å². The Morgan fingerprint density at radius 1 is 1.35 bits per heavy atom. The summed E-state index contributed by atoms with van der Waals surface area (Å²) in [5.74, 6) is -0.451. The van der Waals surface area contributed by atoms with Crippen LogP contribution >= 0.6 is 0 Å². The topological polar surface area (TPSA) is 82.8 Å². The Labute approximate surface area is 134 Å². The molecule has 2 aromatic rings. The minimum absolute atomic E-state index is 0.256. The van der Waals surface area contributed by atoms with Gasteiger partial charge in [-0.3, -0.25) is 4.79 Å². The minimum atomic E-state index is -0.839. The summed E-state index contributed by atoms with van der Waals surface area (Å²) in [6, 6.07) is 5.26. The second-order valence-electron chi connectivity index (χ2n) is 6.05. The average molecular weight is 316 g/mol. The van der Waals surface area contributed by atoms with E-state index < -0.39 is 11.9 Å². The first-order valence-corrected chi connectivity index (χ1v) is 7.74. The Bertz CT molecular complexity index is 765. The van der Waals surface area contributed by atoms with E-state index in [0.717, 1.165) is 22.3 Å². The van der Waals surface area contributed by atoms with Crippen molar-refractivity contribution >= 4 is 28.7 Å². The summed E-state index contributed by atoms with van der Waals surface area (Å²) in [4.78, 5) is 25.0. The van der Waals surface area contributed by atoms with E-state index in [2.05, 4.69) is 5.32 Å². The molecule has 1 aromatic carbocycles. The standard InChI is InChI=1S/C17H20N2O4/c1-10-11(2)23-15-6-5-13(8-14(10)15)18-17(22)19-7-3-4-12(9-19)16(20)21/h5-6,8,12H,3-4,7,9H2,1-2H3,(H,18,22)(H,20,21). The second kappa shape index (κ2) is 5.95. The average Bonchev–Trinajstić information content (AvgIpc) is 2.82. The van der Waals surface area contributed by atoms with Crippen LogP contribution in [0.15, 0.2) is 22.6 Å². The molecule has 0 radical (unpaired) electrons. The summed E-state index contributed by atoms with van der Waals surface area (Å²) in [5.41, 5.74) is 2.53. The molecule has 0 spiro atoms. The molecule has 3 rings (SSSR count). The SMILES string of the molecule is Cc1oc2ccc(NC(=O)N3CCCC(C(=O)O)C3)cc2c1C. The highest BCUT2D eigenvalue weighted by Gasteiger charge is 2.28. The summed E-state index contributed by atoms with van der Waals surface area (Å²) < 4.78 is 5.63. The third-order valence-corrected chi connectivity index (χ3v) is 4.48. The number of benzene rings is 1. The van der Waals surface area contributed by atoms with Gasteiger partial charge in [0.1, 0.15) is 11.3 Å². The van der Waals surface area contributed by atoms with Crippen LogP contribution in [0.5, 0.6) is 0 Å². The van der Waals surface area contributed by atoms with Gasteiger partial charge in [0, 0.05) is 24.2 Å². The van der Waals surface area contributed by atoms with Gasteiger partial charge in [-0.15, -0.1) is 0 Å². The Balaban J connectivity index is 1.74. The molecule has 2 amide bonds. The lowest BCUT2D eigenvalue weighted by Crippen LogP contribution is -2.44. The molecule has 6 nitrogen and oxygen atoms in total. The molecule has 1 aromatic heterocycles. The van der Waals surface area contributed by atoms with Gasteiger partial charge >= 0.3 is 12.0 Å². The van der Waals surface area contributed by atoms with Crippen LogP contribution in [0.3, 0.4) is 0 Å². The van der Waals surface area contributed by atoms with Crippen LogP contribution in [-0.4, -0.2) is 35.1 Å². The van der Waals surface area contributed by atoms with Crippen LogP contribution in [0.1, 0.15) is 24.2 Å². The monoisotopic (exact) mass is 316 g/mol. The highest BCUT2D eigenvalue weighted by molar-refractivity contribution is 5.93. The number of fused-ring (bicyclic) bond motifs is 1. The lowest BCUT2D eigenvalue weighted by molar-refractivity contribution is -0.143. The normalized spacial score (nSPS) is 18.2. The van der Waals surface area contributed by atoms with Gasteiger partial charge in [-0.2, -0.15) is 0 Å². The van der Waals surface area contributed by atoms with Gasteiger partial charge < -0.3 is 19.7 Å². The Kier molecular flexibility index (Phi) is 3.98. The van der Waals surface area contributed by atoms with Crippen LogP contribution in [-0.2, 0) is 4.79 Å². The molecule has 0 bridgehead atoms. The van der Waals surface area contributed by atoms with Gasteiger partial charge in [-0.05, 0) is 50.5 Å². The molecule has 23 heavy (non-hydrogen) atoms. The number of anilines is 1. The van der Waals surface area contributed by atoms with Crippen LogP contribution in [0.25, 0.3) is 11.0 Å². The summed E-state index contributed by atoms with van der Waals surface area (Å²) in [5, 5.41) is 12.9. The van der Waals surface area contributed by atoms with E-state index in [1.807, 2.05) is 26.0 Å². The molecule has 1 atom stereocenters. The zero-order valence-electron chi connectivity index (χ0n) is 13.3. The van der Waals surface area contributed by atoms with Gasteiger partial charge in [-0.1, -0.05) is 0 Å². The minimum Gasteiger partial charge on any atom is -0.481 e. The smallest absolute Gasteiger partial charge is 0.321 e. The summed E-state index contributed by atoms with van der Waals surface area (Å²) >= 11 is 0. The van der Waals surface area contributed by atoms with Gasteiger partial charge in [0.05, 0.1) is 5.92 Å². The van der Waals surface area contributed by atoms with Gasteiger partial charge in [-0.25, -0.2) is 4.79 Å². The van der Waals surface area contributed by atoms with Crippen LogP contribution in [0.4, 0.5) is 10.5 Å². The first-order chi connectivity index (χ1) is 11.0. The maximum Gasteiger partial charge on any atom is 0.321 e. The van der Waals surface area contributed by atoms with Gasteiger partial charge in [0.15, 0.2) is 0 Å². The predicted molar refractivity (Wildman–Crippen MR) is 86.6 cm³/mol. The van der Waals surface area contributed by atoms with Crippen LogP contribution in [0, 0.1) is 19.8 Å². The van der Waals surface area contributed by atoms with E-state index in [-0.39, 0.29) is 12.6 Å². The first-order valence-electron chi connectivity index (χ1n) is 7.74. The molecule has 6 heteroatoms. The molecule has 122 valence electrons. The Morgan fingerprint density at radius 3 is 2.87 bits per heavy atom. The quantitative estimate of drug-likeness (QED) is 0.889. The molecule has 1 saturated heterocycles. The van der Waals surface area contributed by atoms with Crippen molar-refractivity contribution in [3.05, 3.63) is 29.5 Å². The molecule has 2 heterocycles. The molecule has 1 aliphatic rings.